The predicted octanol–water partition coefficient (Wildman–Crippen LogP) is 3.75. The van der Waals surface area contributed by atoms with Crippen LogP contribution in [0.3, 0.4) is 0 Å². The molecule has 23 heavy (non-hydrogen) atoms. The molecular weight excluding hydrogens is 286 g/mol. The van der Waals surface area contributed by atoms with Crippen molar-refractivity contribution < 1.29 is 4.74 Å². The minimum Gasteiger partial charge on any atom is -0.381 e. The Kier molecular flexibility index (Phi) is 3.25. The highest BCUT2D eigenvalue weighted by Crippen LogP contribution is 2.38. The molecule has 5 rings (SSSR count). The van der Waals surface area contributed by atoms with Crippen molar-refractivity contribution in [3.05, 3.63) is 35.6 Å². The zero-order valence-electron chi connectivity index (χ0n) is 13.5. The van der Waals surface area contributed by atoms with Gasteiger partial charge in [-0.1, -0.05) is 25.3 Å². The topological polar surface area (TPSA) is 39.4 Å². The van der Waals surface area contributed by atoms with Gasteiger partial charge in [0.15, 0.2) is 5.65 Å². The van der Waals surface area contributed by atoms with Crippen LogP contribution in [0.5, 0.6) is 0 Å². The molecule has 1 aliphatic heterocycles. The summed E-state index contributed by atoms with van der Waals surface area (Å²) >= 11 is 0. The number of hydrogen-bond donors (Lipinski definition) is 0. The minimum absolute atomic E-state index is 0.532. The Bertz CT molecular complexity index is 764. The van der Waals surface area contributed by atoms with E-state index in [9.17, 15) is 0 Å². The van der Waals surface area contributed by atoms with E-state index in [1.807, 2.05) is 6.20 Å². The Morgan fingerprint density at radius 2 is 2.00 bits per heavy atom. The smallest absolute Gasteiger partial charge is 0.156 e. The number of imidazole rings is 1. The predicted molar refractivity (Wildman–Crippen MR) is 89.4 cm³/mol. The average molecular weight is 309 g/mol. The first-order valence-corrected chi connectivity index (χ1v) is 9.05. The van der Waals surface area contributed by atoms with E-state index in [1.54, 1.807) is 0 Å². The summed E-state index contributed by atoms with van der Waals surface area (Å²) in [6.45, 7) is 1.74. The Morgan fingerprint density at radius 1 is 1.09 bits per heavy atom. The molecule has 3 heterocycles. The first-order valence-electron chi connectivity index (χ1n) is 9.05. The third kappa shape index (κ3) is 2.23. The largest absolute Gasteiger partial charge is 0.381 e. The Hall–Kier alpha value is -1.68. The zero-order valence-corrected chi connectivity index (χ0v) is 13.5. The number of fused-ring (bicyclic) bond motifs is 3. The third-order valence-corrected chi connectivity index (χ3v) is 5.78. The zero-order chi connectivity index (χ0) is 15.2. The summed E-state index contributed by atoms with van der Waals surface area (Å²) in [6, 6.07) is 0. The van der Waals surface area contributed by atoms with Crippen LogP contribution >= 0.6 is 0 Å². The Morgan fingerprint density at radius 3 is 2.83 bits per heavy atom. The minimum atomic E-state index is 0.532. The molecule has 0 spiro atoms. The van der Waals surface area contributed by atoms with Crippen LogP contribution < -0.4 is 0 Å². The first kappa shape index (κ1) is 13.7. The van der Waals surface area contributed by atoms with Crippen molar-refractivity contribution in [1.29, 1.82) is 0 Å². The second-order valence-electron chi connectivity index (χ2n) is 7.21. The molecular formula is C19H23N3O. The SMILES string of the molecule is C1=C(C2CCOC2)c2c(ncc3nc(C4CCCCC4)cn23)C1. The van der Waals surface area contributed by atoms with Gasteiger partial charge in [0.2, 0.25) is 0 Å². The lowest BCUT2D eigenvalue weighted by Gasteiger charge is -2.19. The highest BCUT2D eigenvalue weighted by molar-refractivity contribution is 5.73. The van der Waals surface area contributed by atoms with Gasteiger partial charge in [-0.05, 0) is 24.8 Å². The summed E-state index contributed by atoms with van der Waals surface area (Å²) < 4.78 is 7.92. The number of ether oxygens (including phenoxy) is 1. The lowest BCUT2D eigenvalue weighted by Crippen LogP contribution is -2.07. The fourth-order valence-electron chi connectivity index (χ4n) is 4.51. The molecule has 0 amide bonds. The van der Waals surface area contributed by atoms with Gasteiger partial charge < -0.3 is 4.74 Å². The van der Waals surface area contributed by atoms with Gasteiger partial charge in [0.25, 0.3) is 0 Å². The first-order chi connectivity index (χ1) is 11.4. The standard InChI is InChI=1S/C19H23N3O/c1-2-4-13(5-3-1)17-11-22-18(21-17)10-20-16-7-6-15(19(16)22)14-8-9-23-12-14/h6,10-11,13-14H,1-5,7-9,12H2. The van der Waals surface area contributed by atoms with E-state index in [1.165, 1.54) is 54.8 Å². The molecule has 1 atom stereocenters. The number of nitrogens with zero attached hydrogens (tertiary/aromatic N) is 3. The fraction of sp³-hybridized carbons (Fsp3) is 0.579. The third-order valence-electron chi connectivity index (χ3n) is 5.78. The Balaban J connectivity index is 1.58. The number of rotatable bonds is 2. The highest BCUT2D eigenvalue weighted by atomic mass is 16.5. The second kappa shape index (κ2) is 5.45. The quantitative estimate of drug-likeness (QED) is 0.848. The van der Waals surface area contributed by atoms with Gasteiger partial charge in [0.1, 0.15) is 0 Å². The van der Waals surface area contributed by atoms with E-state index in [4.69, 9.17) is 14.7 Å². The second-order valence-corrected chi connectivity index (χ2v) is 7.21. The van der Waals surface area contributed by atoms with Crippen molar-refractivity contribution in [3.63, 3.8) is 0 Å². The number of allylic oxidation sites excluding steroid dienone is 1. The van der Waals surface area contributed by atoms with Crippen LogP contribution in [0.4, 0.5) is 0 Å². The summed E-state index contributed by atoms with van der Waals surface area (Å²) in [5.74, 6) is 1.17. The fourth-order valence-corrected chi connectivity index (χ4v) is 4.51. The maximum Gasteiger partial charge on any atom is 0.156 e. The van der Waals surface area contributed by atoms with E-state index in [0.29, 0.717) is 11.8 Å². The molecule has 0 aromatic carbocycles. The van der Waals surface area contributed by atoms with Crippen LogP contribution in [-0.2, 0) is 11.2 Å². The lowest BCUT2D eigenvalue weighted by atomic mass is 9.87. The van der Waals surface area contributed by atoms with Crippen molar-refractivity contribution in [1.82, 2.24) is 14.4 Å². The van der Waals surface area contributed by atoms with Gasteiger partial charge in [-0.25, -0.2) is 4.98 Å². The average Bonchev–Trinajstić information content (AvgIpc) is 3.32. The summed E-state index contributed by atoms with van der Waals surface area (Å²) in [7, 11) is 0. The van der Waals surface area contributed by atoms with Crippen LogP contribution in [0.2, 0.25) is 0 Å². The van der Waals surface area contributed by atoms with Gasteiger partial charge in [-0.2, -0.15) is 0 Å². The van der Waals surface area contributed by atoms with Crippen LogP contribution in [0.25, 0.3) is 11.2 Å². The highest BCUT2D eigenvalue weighted by Gasteiger charge is 2.29. The molecule has 4 nitrogen and oxygen atoms in total. The number of aromatic nitrogens is 3. The molecule has 2 fully saturated rings. The molecule has 2 aromatic heterocycles. The van der Waals surface area contributed by atoms with E-state index in [0.717, 1.165) is 31.7 Å². The van der Waals surface area contributed by atoms with Gasteiger partial charge in [-0.15, -0.1) is 0 Å². The normalized spacial score (nSPS) is 25.0. The van der Waals surface area contributed by atoms with Crippen molar-refractivity contribution in [2.45, 2.75) is 50.9 Å². The molecule has 2 aromatic rings. The summed E-state index contributed by atoms with van der Waals surface area (Å²) in [6.07, 6.45) is 15.3. The molecule has 4 heteroatoms. The van der Waals surface area contributed by atoms with Crippen molar-refractivity contribution in [2.75, 3.05) is 13.2 Å². The van der Waals surface area contributed by atoms with Crippen LogP contribution in [0, 0.1) is 5.92 Å². The molecule has 0 N–H and O–H groups in total. The van der Waals surface area contributed by atoms with E-state index >= 15 is 0 Å². The van der Waals surface area contributed by atoms with E-state index < -0.39 is 0 Å². The molecule has 2 aliphatic carbocycles. The maximum absolute atomic E-state index is 5.61. The van der Waals surface area contributed by atoms with Gasteiger partial charge in [0.05, 0.1) is 29.9 Å². The molecule has 120 valence electrons. The molecule has 3 aliphatic rings. The molecule has 1 unspecified atom stereocenters. The molecule has 0 bridgehead atoms. The number of hydrogen-bond acceptors (Lipinski definition) is 3. The molecule has 1 saturated heterocycles. The lowest BCUT2D eigenvalue weighted by molar-refractivity contribution is 0.192. The van der Waals surface area contributed by atoms with E-state index in [-0.39, 0.29) is 0 Å². The van der Waals surface area contributed by atoms with Crippen LogP contribution in [0.15, 0.2) is 18.5 Å². The van der Waals surface area contributed by atoms with Crippen LogP contribution in [-0.4, -0.2) is 27.6 Å². The van der Waals surface area contributed by atoms with E-state index in [2.05, 4.69) is 16.7 Å². The van der Waals surface area contributed by atoms with Gasteiger partial charge >= 0.3 is 0 Å². The monoisotopic (exact) mass is 309 g/mol. The van der Waals surface area contributed by atoms with Crippen molar-refractivity contribution in [3.8, 4) is 0 Å². The Labute approximate surface area is 136 Å². The van der Waals surface area contributed by atoms with Crippen molar-refractivity contribution >= 4 is 11.2 Å². The molecule has 1 saturated carbocycles. The summed E-state index contributed by atoms with van der Waals surface area (Å²) in [5.41, 5.74) is 6.22. The van der Waals surface area contributed by atoms with Crippen molar-refractivity contribution in [2.24, 2.45) is 5.92 Å². The summed E-state index contributed by atoms with van der Waals surface area (Å²) in [4.78, 5) is 9.61. The van der Waals surface area contributed by atoms with Crippen LogP contribution in [0.1, 0.15) is 61.5 Å². The maximum atomic E-state index is 5.61. The van der Waals surface area contributed by atoms with Gasteiger partial charge in [0, 0.05) is 31.1 Å². The van der Waals surface area contributed by atoms with Gasteiger partial charge in [-0.3, -0.25) is 9.38 Å². The molecule has 0 radical (unpaired) electrons. The summed E-state index contributed by atoms with van der Waals surface area (Å²) in [5, 5.41) is 0.